The summed E-state index contributed by atoms with van der Waals surface area (Å²) in [6.07, 6.45) is 20.7. The second-order valence-electron chi connectivity index (χ2n) is 9.34. The van der Waals surface area contributed by atoms with Crippen molar-refractivity contribution in [3.05, 3.63) is 0 Å². The van der Waals surface area contributed by atoms with Gasteiger partial charge in [-0.15, -0.1) is 0 Å². The molecule has 146 valence electrons. The molecule has 0 aromatic carbocycles. The summed E-state index contributed by atoms with van der Waals surface area (Å²) in [4.78, 5) is 0. The van der Waals surface area contributed by atoms with Crippen molar-refractivity contribution in [1.82, 2.24) is 0 Å². The van der Waals surface area contributed by atoms with Crippen LogP contribution in [0.4, 0.5) is 0 Å². The van der Waals surface area contributed by atoms with Gasteiger partial charge in [-0.05, 0) is 68.6 Å². The second-order valence-corrected chi connectivity index (χ2v) is 9.34. The zero-order chi connectivity index (χ0) is 17.5. The van der Waals surface area contributed by atoms with Crippen LogP contribution in [-0.2, 0) is 9.47 Å². The fourth-order valence-corrected chi connectivity index (χ4v) is 5.81. The molecular weight excluding hydrogens is 308 g/mol. The number of ether oxygens (including phenoxy) is 2. The molecule has 0 amide bonds. The Bertz CT molecular complexity index is 345. The first-order valence-electron chi connectivity index (χ1n) is 11.4. The maximum absolute atomic E-state index is 6.35. The number of hydrogen-bond donors (Lipinski definition) is 0. The molecule has 2 heteroatoms. The Morgan fingerprint density at radius 1 is 0.720 bits per heavy atom. The van der Waals surface area contributed by atoms with Crippen molar-refractivity contribution in [1.29, 1.82) is 0 Å². The summed E-state index contributed by atoms with van der Waals surface area (Å²) in [7, 11) is 1.86. The number of rotatable bonds is 7. The molecule has 0 bridgehead atoms. The lowest BCUT2D eigenvalue weighted by molar-refractivity contribution is -0.0679. The van der Waals surface area contributed by atoms with Crippen LogP contribution in [0.3, 0.4) is 0 Å². The monoisotopic (exact) mass is 350 g/mol. The summed E-state index contributed by atoms with van der Waals surface area (Å²) in [6.45, 7) is 3.38. The summed E-state index contributed by atoms with van der Waals surface area (Å²) in [5, 5.41) is 0. The minimum Gasteiger partial charge on any atom is -0.381 e. The van der Waals surface area contributed by atoms with Gasteiger partial charge in [0.05, 0.1) is 12.2 Å². The third kappa shape index (κ3) is 5.96. The van der Waals surface area contributed by atoms with Gasteiger partial charge < -0.3 is 9.47 Å². The van der Waals surface area contributed by atoms with Crippen molar-refractivity contribution in [2.45, 2.75) is 109 Å². The van der Waals surface area contributed by atoms with Gasteiger partial charge in [-0.2, -0.15) is 0 Å². The first kappa shape index (κ1) is 19.7. The molecule has 1 heterocycles. The number of methoxy groups -OCH3 is 1. The van der Waals surface area contributed by atoms with Crippen LogP contribution in [0.5, 0.6) is 0 Å². The summed E-state index contributed by atoms with van der Waals surface area (Å²) >= 11 is 0. The van der Waals surface area contributed by atoms with Gasteiger partial charge in [-0.3, -0.25) is 0 Å². The smallest absolute Gasteiger partial charge is 0.0603 e. The third-order valence-corrected chi connectivity index (χ3v) is 7.63. The molecule has 3 aliphatic rings. The van der Waals surface area contributed by atoms with E-state index in [-0.39, 0.29) is 0 Å². The van der Waals surface area contributed by atoms with E-state index in [9.17, 15) is 0 Å². The van der Waals surface area contributed by atoms with Gasteiger partial charge in [0.2, 0.25) is 0 Å². The maximum atomic E-state index is 6.35. The molecule has 0 aromatic rings. The van der Waals surface area contributed by atoms with Crippen LogP contribution in [0.15, 0.2) is 0 Å². The molecule has 25 heavy (non-hydrogen) atoms. The van der Waals surface area contributed by atoms with E-state index in [1.165, 1.54) is 89.9 Å². The van der Waals surface area contributed by atoms with E-state index in [0.717, 1.165) is 30.3 Å². The highest BCUT2D eigenvalue weighted by Crippen LogP contribution is 2.38. The molecule has 0 aromatic heterocycles. The Morgan fingerprint density at radius 3 is 1.88 bits per heavy atom. The molecule has 2 unspecified atom stereocenters. The Balaban J connectivity index is 1.28. The van der Waals surface area contributed by atoms with Crippen LogP contribution in [-0.4, -0.2) is 25.9 Å². The predicted molar refractivity (Wildman–Crippen MR) is 105 cm³/mol. The van der Waals surface area contributed by atoms with Crippen molar-refractivity contribution in [2.24, 2.45) is 23.7 Å². The molecule has 1 saturated heterocycles. The fourth-order valence-electron chi connectivity index (χ4n) is 5.81. The van der Waals surface area contributed by atoms with Crippen LogP contribution in [0.1, 0.15) is 96.8 Å². The highest BCUT2D eigenvalue weighted by molar-refractivity contribution is 4.82. The lowest BCUT2D eigenvalue weighted by atomic mass is 9.76. The minimum absolute atomic E-state index is 0.514. The van der Waals surface area contributed by atoms with Crippen LogP contribution in [0, 0.1) is 23.7 Å². The molecule has 2 nitrogen and oxygen atoms in total. The normalized spacial score (nSPS) is 40.1. The maximum Gasteiger partial charge on any atom is 0.0603 e. The highest BCUT2D eigenvalue weighted by Gasteiger charge is 2.32. The molecule has 0 N–H and O–H groups in total. The molecule has 1 aliphatic heterocycles. The van der Waals surface area contributed by atoms with Gasteiger partial charge in [-0.1, -0.05) is 51.9 Å². The fraction of sp³-hybridized carbons (Fsp3) is 1.00. The van der Waals surface area contributed by atoms with Crippen LogP contribution < -0.4 is 0 Å². The highest BCUT2D eigenvalue weighted by atomic mass is 16.5. The molecule has 0 spiro atoms. The first-order chi connectivity index (χ1) is 12.3. The lowest BCUT2D eigenvalue weighted by Gasteiger charge is -2.38. The SMILES string of the molecule is CCCC1CCC(CCC2CCC(C3CCC(OC)CC3)OC2)CC1. The van der Waals surface area contributed by atoms with Crippen molar-refractivity contribution in [3.8, 4) is 0 Å². The zero-order valence-corrected chi connectivity index (χ0v) is 16.9. The molecule has 2 saturated carbocycles. The summed E-state index contributed by atoms with van der Waals surface area (Å²) in [6, 6.07) is 0. The Hall–Kier alpha value is -0.0800. The van der Waals surface area contributed by atoms with Crippen LogP contribution in [0.25, 0.3) is 0 Å². The lowest BCUT2D eigenvalue weighted by Crippen LogP contribution is -2.35. The van der Waals surface area contributed by atoms with Crippen molar-refractivity contribution in [3.63, 3.8) is 0 Å². The summed E-state index contributed by atoms with van der Waals surface area (Å²) in [5.74, 6) is 3.73. The zero-order valence-electron chi connectivity index (χ0n) is 16.9. The second kappa shape index (κ2) is 10.3. The molecule has 3 fully saturated rings. The average Bonchev–Trinajstić information content (AvgIpc) is 2.68. The van der Waals surface area contributed by atoms with E-state index >= 15 is 0 Å². The first-order valence-corrected chi connectivity index (χ1v) is 11.4. The molecule has 3 rings (SSSR count). The standard InChI is InChI=1S/C23H42O2/c1-3-4-18-5-7-19(8-6-18)9-10-20-11-16-23(25-17-20)21-12-14-22(24-2)15-13-21/h18-23H,3-17H2,1-2H3. The van der Waals surface area contributed by atoms with Gasteiger partial charge in [0.25, 0.3) is 0 Å². The van der Waals surface area contributed by atoms with Crippen molar-refractivity contribution < 1.29 is 9.47 Å². The Kier molecular flexibility index (Phi) is 8.11. The van der Waals surface area contributed by atoms with Crippen LogP contribution >= 0.6 is 0 Å². The Morgan fingerprint density at radius 2 is 1.32 bits per heavy atom. The summed E-state index contributed by atoms with van der Waals surface area (Å²) in [5.41, 5.74) is 0. The largest absolute Gasteiger partial charge is 0.381 e. The average molecular weight is 351 g/mol. The number of hydrogen-bond acceptors (Lipinski definition) is 2. The van der Waals surface area contributed by atoms with Gasteiger partial charge >= 0.3 is 0 Å². The van der Waals surface area contributed by atoms with Gasteiger partial charge in [0.1, 0.15) is 0 Å². The summed E-state index contributed by atoms with van der Waals surface area (Å²) < 4.78 is 11.9. The predicted octanol–water partition coefficient (Wildman–Crippen LogP) is 6.37. The van der Waals surface area contributed by atoms with Gasteiger partial charge in [-0.25, -0.2) is 0 Å². The quantitative estimate of drug-likeness (QED) is 0.531. The van der Waals surface area contributed by atoms with E-state index < -0.39 is 0 Å². The van der Waals surface area contributed by atoms with Crippen molar-refractivity contribution >= 4 is 0 Å². The van der Waals surface area contributed by atoms with E-state index in [4.69, 9.17) is 9.47 Å². The van der Waals surface area contributed by atoms with E-state index in [1.54, 1.807) is 0 Å². The third-order valence-electron chi connectivity index (χ3n) is 7.63. The van der Waals surface area contributed by atoms with E-state index in [1.807, 2.05) is 7.11 Å². The van der Waals surface area contributed by atoms with Gasteiger partial charge in [0.15, 0.2) is 0 Å². The topological polar surface area (TPSA) is 18.5 Å². The van der Waals surface area contributed by atoms with Crippen LogP contribution in [0.2, 0.25) is 0 Å². The molecular formula is C23H42O2. The van der Waals surface area contributed by atoms with Crippen molar-refractivity contribution in [2.75, 3.05) is 13.7 Å². The molecule has 2 aliphatic carbocycles. The Labute approximate surface area is 156 Å². The molecule has 0 radical (unpaired) electrons. The van der Waals surface area contributed by atoms with E-state index in [2.05, 4.69) is 6.92 Å². The molecule has 2 atom stereocenters. The van der Waals surface area contributed by atoms with E-state index in [0.29, 0.717) is 12.2 Å². The minimum atomic E-state index is 0.514. The van der Waals surface area contributed by atoms with Gasteiger partial charge in [0, 0.05) is 13.7 Å².